The molecule has 0 bridgehead atoms. The second kappa shape index (κ2) is 7.11. The van der Waals surface area contributed by atoms with Crippen LogP contribution >= 0.6 is 0 Å². The summed E-state index contributed by atoms with van der Waals surface area (Å²) in [5, 5.41) is 20.8. The van der Waals surface area contributed by atoms with Crippen LogP contribution in [0.5, 0.6) is 0 Å². The van der Waals surface area contributed by atoms with Gasteiger partial charge in [0.15, 0.2) is 0 Å². The second-order valence-electron chi connectivity index (χ2n) is 8.01. The van der Waals surface area contributed by atoms with Crippen molar-refractivity contribution in [1.82, 2.24) is 25.2 Å². The van der Waals surface area contributed by atoms with Crippen LogP contribution in [-0.2, 0) is 13.0 Å². The number of fused-ring (bicyclic) bond motifs is 1. The Labute approximate surface area is 167 Å². The van der Waals surface area contributed by atoms with Crippen LogP contribution in [0.4, 0.5) is 0 Å². The number of amides is 1. The molecule has 3 aromatic rings. The Hall–Kier alpha value is -3.00. The maximum absolute atomic E-state index is 12.6. The fourth-order valence-electron chi connectivity index (χ4n) is 3.85. The second-order valence-corrected chi connectivity index (χ2v) is 8.01. The van der Waals surface area contributed by atoms with Crippen LogP contribution in [0.3, 0.4) is 0 Å². The highest BCUT2D eigenvalue weighted by Gasteiger charge is 2.30. The van der Waals surface area contributed by atoms with Gasteiger partial charge in [0.05, 0.1) is 30.5 Å². The van der Waals surface area contributed by atoms with E-state index in [-0.39, 0.29) is 11.9 Å². The lowest BCUT2D eigenvalue weighted by Gasteiger charge is -2.13. The van der Waals surface area contributed by atoms with Crippen molar-refractivity contribution < 1.29 is 14.4 Å². The number of aliphatic hydroxyl groups is 1. The van der Waals surface area contributed by atoms with Gasteiger partial charge in [-0.2, -0.15) is 10.1 Å². The number of aliphatic hydroxyl groups excluding tert-OH is 1. The minimum absolute atomic E-state index is 0.0287. The molecule has 0 saturated heterocycles. The quantitative estimate of drug-likeness (QED) is 0.667. The lowest BCUT2D eigenvalue weighted by molar-refractivity contribution is 0.0936. The highest BCUT2D eigenvalue weighted by atomic mass is 16.5. The molecule has 8 heteroatoms. The summed E-state index contributed by atoms with van der Waals surface area (Å²) in [5.74, 6) is 1.65. The van der Waals surface area contributed by atoms with E-state index in [4.69, 9.17) is 4.52 Å². The zero-order chi connectivity index (χ0) is 20.0. The van der Waals surface area contributed by atoms with Gasteiger partial charge < -0.3 is 14.9 Å². The first-order chi connectivity index (χ1) is 14.1. The smallest absolute Gasteiger partial charge is 0.254 e. The zero-order valence-electron chi connectivity index (χ0n) is 16.2. The van der Waals surface area contributed by atoms with Gasteiger partial charge in [-0.15, -0.1) is 0 Å². The number of nitrogens with zero attached hydrogens (tertiary/aromatic N) is 4. The van der Waals surface area contributed by atoms with Gasteiger partial charge >= 0.3 is 0 Å². The first-order valence-corrected chi connectivity index (χ1v) is 10.0. The van der Waals surface area contributed by atoms with E-state index in [0.29, 0.717) is 23.9 Å². The first kappa shape index (κ1) is 18.1. The molecule has 1 unspecified atom stereocenters. The van der Waals surface area contributed by atoms with Crippen LogP contribution in [0, 0.1) is 0 Å². The van der Waals surface area contributed by atoms with Crippen molar-refractivity contribution in [2.45, 2.75) is 57.2 Å². The summed E-state index contributed by atoms with van der Waals surface area (Å²) in [6, 6.07) is 6.11. The van der Waals surface area contributed by atoms with Gasteiger partial charge in [-0.25, -0.2) is 0 Å². The minimum atomic E-state index is -0.513. The number of aryl methyl sites for hydroxylation is 1. The van der Waals surface area contributed by atoms with Crippen LogP contribution in [0.15, 0.2) is 35.1 Å². The molecular weight excluding hydrogens is 370 g/mol. The number of aromatic nitrogens is 4. The van der Waals surface area contributed by atoms with Gasteiger partial charge in [0.25, 0.3) is 5.91 Å². The fourth-order valence-corrected chi connectivity index (χ4v) is 3.85. The molecule has 2 N–H and O–H groups in total. The molecule has 2 atom stereocenters. The van der Waals surface area contributed by atoms with Crippen LogP contribution in [0.2, 0.25) is 0 Å². The molecule has 0 aliphatic heterocycles. The molecule has 1 amide bonds. The zero-order valence-corrected chi connectivity index (χ0v) is 16.2. The molecule has 8 nitrogen and oxygen atoms in total. The molecule has 29 heavy (non-hydrogen) atoms. The van der Waals surface area contributed by atoms with Gasteiger partial charge in [-0.3, -0.25) is 9.48 Å². The molecule has 150 valence electrons. The molecule has 2 aliphatic rings. The average Bonchev–Trinajstić information content (AvgIpc) is 3.10. The Balaban J connectivity index is 1.29. The first-order valence-electron chi connectivity index (χ1n) is 10.0. The summed E-state index contributed by atoms with van der Waals surface area (Å²) < 4.78 is 6.95. The van der Waals surface area contributed by atoms with E-state index in [9.17, 15) is 9.90 Å². The summed E-state index contributed by atoms with van der Waals surface area (Å²) in [4.78, 5) is 17.1. The van der Waals surface area contributed by atoms with Gasteiger partial charge in [-0.05, 0) is 49.8 Å². The number of hydrogen-bond donors (Lipinski definition) is 2. The van der Waals surface area contributed by atoms with Crippen LogP contribution in [0.1, 0.15) is 65.5 Å². The standard InChI is InChI=1S/C21H23N5O3/c1-12(27)10-26-11-16(9-22-26)20(28)23-18-7-5-14-8-15(4-6-17(14)18)19-24-21(29-25-19)13-2-3-13/h4,6,8-9,11-13,18,27H,2-3,5,7,10H2,1H3,(H,23,28)/t12?,18-/m1/s1. The van der Waals surface area contributed by atoms with E-state index in [1.54, 1.807) is 17.8 Å². The van der Waals surface area contributed by atoms with Crippen LogP contribution < -0.4 is 5.32 Å². The average molecular weight is 393 g/mol. The van der Waals surface area contributed by atoms with E-state index in [2.05, 4.69) is 26.6 Å². The summed E-state index contributed by atoms with van der Waals surface area (Å²) in [5.41, 5.74) is 3.78. The lowest BCUT2D eigenvalue weighted by atomic mass is 10.0. The molecule has 0 radical (unpaired) electrons. The lowest BCUT2D eigenvalue weighted by Crippen LogP contribution is -2.26. The van der Waals surface area contributed by atoms with Gasteiger partial charge in [-0.1, -0.05) is 17.3 Å². The van der Waals surface area contributed by atoms with Crippen LogP contribution in [0.25, 0.3) is 11.4 Å². The molecule has 2 heterocycles. The Morgan fingerprint density at radius 2 is 2.24 bits per heavy atom. The maximum atomic E-state index is 12.6. The van der Waals surface area contributed by atoms with Gasteiger partial charge in [0.2, 0.25) is 11.7 Å². The van der Waals surface area contributed by atoms with Crippen molar-refractivity contribution in [2.75, 3.05) is 0 Å². The normalized spacial score (nSPS) is 19.2. The number of benzene rings is 1. The van der Waals surface area contributed by atoms with E-state index < -0.39 is 6.10 Å². The largest absolute Gasteiger partial charge is 0.391 e. The molecule has 2 aromatic heterocycles. The predicted molar refractivity (Wildman–Crippen MR) is 104 cm³/mol. The third kappa shape index (κ3) is 3.67. The summed E-state index contributed by atoms with van der Waals surface area (Å²) in [6.45, 7) is 2.05. The molecule has 1 saturated carbocycles. The highest BCUT2D eigenvalue weighted by molar-refractivity contribution is 5.94. The number of rotatable bonds is 6. The Morgan fingerprint density at radius 1 is 1.38 bits per heavy atom. The Kier molecular flexibility index (Phi) is 4.43. The summed E-state index contributed by atoms with van der Waals surface area (Å²) in [7, 11) is 0. The Morgan fingerprint density at radius 3 is 3.03 bits per heavy atom. The monoisotopic (exact) mass is 393 g/mol. The molecule has 1 aromatic carbocycles. The molecule has 0 spiro atoms. The number of carbonyl (C=O) groups excluding carboxylic acids is 1. The molecule has 1 fully saturated rings. The predicted octanol–water partition coefficient (Wildman–Crippen LogP) is 2.61. The van der Waals surface area contributed by atoms with Crippen LogP contribution in [-0.4, -0.2) is 37.0 Å². The van der Waals surface area contributed by atoms with Crippen molar-refractivity contribution in [3.8, 4) is 11.4 Å². The molecule has 5 rings (SSSR count). The third-order valence-electron chi connectivity index (χ3n) is 5.50. The topological polar surface area (TPSA) is 106 Å². The van der Waals surface area contributed by atoms with Crippen molar-refractivity contribution in [1.29, 1.82) is 0 Å². The van der Waals surface area contributed by atoms with Gasteiger partial charge in [0, 0.05) is 17.7 Å². The SMILES string of the molecule is CC(O)Cn1cc(C(=O)N[C@@H]2CCc3cc(-c4noc(C5CC5)n4)ccc32)cn1. The van der Waals surface area contributed by atoms with E-state index >= 15 is 0 Å². The van der Waals surface area contributed by atoms with Crippen molar-refractivity contribution in [3.05, 3.63) is 53.2 Å². The highest BCUT2D eigenvalue weighted by Crippen LogP contribution is 2.40. The number of carbonyl (C=O) groups is 1. The summed E-state index contributed by atoms with van der Waals surface area (Å²) in [6.07, 6.45) is 6.69. The maximum Gasteiger partial charge on any atom is 0.254 e. The number of nitrogens with one attached hydrogen (secondary N) is 1. The van der Waals surface area contributed by atoms with Gasteiger partial charge in [0.1, 0.15) is 0 Å². The fraction of sp³-hybridized carbons (Fsp3) is 0.429. The van der Waals surface area contributed by atoms with E-state index in [1.165, 1.54) is 11.8 Å². The van der Waals surface area contributed by atoms with Crippen molar-refractivity contribution >= 4 is 5.91 Å². The molecular formula is C21H23N5O3. The van der Waals surface area contributed by atoms with Crippen molar-refractivity contribution in [3.63, 3.8) is 0 Å². The van der Waals surface area contributed by atoms with Crippen molar-refractivity contribution in [2.24, 2.45) is 0 Å². The third-order valence-corrected chi connectivity index (χ3v) is 5.50. The Bertz CT molecular complexity index is 1050. The minimum Gasteiger partial charge on any atom is -0.391 e. The molecule has 2 aliphatic carbocycles. The number of hydrogen-bond acceptors (Lipinski definition) is 6. The summed E-state index contributed by atoms with van der Waals surface area (Å²) >= 11 is 0. The van der Waals surface area contributed by atoms with E-state index in [1.807, 2.05) is 12.1 Å². The van der Waals surface area contributed by atoms with E-state index in [0.717, 1.165) is 42.7 Å².